The van der Waals surface area contributed by atoms with Crippen molar-refractivity contribution < 1.29 is 19.0 Å². The van der Waals surface area contributed by atoms with Gasteiger partial charge in [-0.3, -0.25) is 0 Å². The normalized spacial score (nSPS) is 11.7. The summed E-state index contributed by atoms with van der Waals surface area (Å²) in [6.45, 7) is 2.96. The monoisotopic (exact) mass is 267 g/mol. The van der Waals surface area contributed by atoms with Crippen LogP contribution < -0.4 is 10.1 Å². The third kappa shape index (κ3) is 5.18. The summed E-state index contributed by atoms with van der Waals surface area (Å²) in [5.74, 6) is 0.468. The van der Waals surface area contributed by atoms with Crippen molar-refractivity contribution in [3.63, 3.8) is 0 Å². The highest BCUT2D eigenvalue weighted by atomic mass is 16.5. The molecule has 0 saturated heterocycles. The number of ether oxygens (including phenoxy) is 3. The molecule has 106 valence electrons. The second-order valence-electron chi connectivity index (χ2n) is 4.00. The Balaban J connectivity index is 2.62. The van der Waals surface area contributed by atoms with E-state index in [1.54, 1.807) is 7.11 Å². The Bertz CT molecular complexity index is 395. The first kappa shape index (κ1) is 15.3. The van der Waals surface area contributed by atoms with Crippen LogP contribution in [0.3, 0.4) is 0 Å². The highest BCUT2D eigenvalue weighted by Gasteiger charge is 2.16. The predicted molar refractivity (Wildman–Crippen MR) is 73.5 cm³/mol. The molecule has 0 amide bonds. The van der Waals surface area contributed by atoms with Crippen molar-refractivity contribution in [1.82, 2.24) is 0 Å². The molecule has 1 atom stereocenters. The maximum Gasteiger partial charge on any atom is 0.328 e. The van der Waals surface area contributed by atoms with Crippen LogP contribution in [0.25, 0.3) is 0 Å². The molecule has 0 aromatic heterocycles. The summed E-state index contributed by atoms with van der Waals surface area (Å²) in [7, 11) is 3.01. The molecule has 1 aromatic rings. The van der Waals surface area contributed by atoms with Crippen LogP contribution in [0.1, 0.15) is 13.3 Å². The van der Waals surface area contributed by atoms with Crippen LogP contribution in [0, 0.1) is 0 Å². The molecule has 5 heteroatoms. The third-order valence-electron chi connectivity index (χ3n) is 2.63. The number of carbonyl (C=O) groups excluding carboxylic acids is 1. The number of rotatable bonds is 8. The highest BCUT2D eigenvalue weighted by Crippen LogP contribution is 2.18. The van der Waals surface area contributed by atoms with Gasteiger partial charge in [-0.05, 0) is 18.6 Å². The largest absolute Gasteiger partial charge is 0.491 e. The highest BCUT2D eigenvalue weighted by molar-refractivity contribution is 5.79. The molecule has 19 heavy (non-hydrogen) atoms. The number of methoxy groups -OCH3 is 2. The van der Waals surface area contributed by atoms with Gasteiger partial charge < -0.3 is 19.5 Å². The molecule has 0 bridgehead atoms. The van der Waals surface area contributed by atoms with E-state index >= 15 is 0 Å². The molecular formula is C14H21NO4. The van der Waals surface area contributed by atoms with Crippen molar-refractivity contribution in [2.24, 2.45) is 0 Å². The van der Waals surface area contributed by atoms with Crippen molar-refractivity contribution in [1.29, 1.82) is 0 Å². The molecule has 1 N–H and O–H groups in total. The number of benzene rings is 1. The smallest absolute Gasteiger partial charge is 0.328 e. The van der Waals surface area contributed by atoms with E-state index in [2.05, 4.69) is 5.32 Å². The summed E-state index contributed by atoms with van der Waals surface area (Å²) < 4.78 is 15.2. The number of carbonyl (C=O) groups is 1. The van der Waals surface area contributed by atoms with Gasteiger partial charge >= 0.3 is 5.97 Å². The molecule has 1 aromatic carbocycles. The Morgan fingerprint density at radius 3 is 2.74 bits per heavy atom. The molecule has 0 radical (unpaired) electrons. The molecule has 0 heterocycles. The third-order valence-corrected chi connectivity index (χ3v) is 2.63. The minimum atomic E-state index is -0.348. The van der Waals surface area contributed by atoms with E-state index < -0.39 is 0 Å². The van der Waals surface area contributed by atoms with Crippen LogP contribution >= 0.6 is 0 Å². The number of hydrogen-bond acceptors (Lipinski definition) is 5. The summed E-state index contributed by atoms with van der Waals surface area (Å²) in [5.41, 5.74) is 0.826. The second kappa shape index (κ2) is 8.37. The Morgan fingerprint density at radius 1 is 1.32 bits per heavy atom. The van der Waals surface area contributed by atoms with E-state index in [1.165, 1.54) is 7.11 Å². The molecule has 0 saturated carbocycles. The van der Waals surface area contributed by atoms with Crippen LogP contribution in [-0.4, -0.2) is 39.4 Å². The lowest BCUT2D eigenvalue weighted by molar-refractivity contribution is -0.141. The van der Waals surface area contributed by atoms with Gasteiger partial charge in [0.2, 0.25) is 0 Å². The maximum absolute atomic E-state index is 11.5. The van der Waals surface area contributed by atoms with E-state index in [0.717, 1.165) is 11.4 Å². The molecule has 0 fully saturated rings. The summed E-state index contributed by atoms with van der Waals surface area (Å²) in [6.07, 6.45) is 0.654. The summed E-state index contributed by atoms with van der Waals surface area (Å²) in [6, 6.07) is 7.11. The van der Waals surface area contributed by atoms with Crippen molar-refractivity contribution in [2.45, 2.75) is 19.4 Å². The fraction of sp³-hybridized carbons (Fsp3) is 0.500. The number of hydrogen-bond donors (Lipinski definition) is 1. The Kier molecular flexibility index (Phi) is 6.74. The molecule has 0 aliphatic rings. The van der Waals surface area contributed by atoms with Crippen molar-refractivity contribution in [3.05, 3.63) is 24.3 Å². The standard InChI is InChI=1S/C14H21NO4/c1-4-13(14(16)18-3)15-11-6-5-7-12(10-11)19-9-8-17-2/h5-7,10,13,15H,4,8-9H2,1-3H3. The lowest BCUT2D eigenvalue weighted by Gasteiger charge is -2.16. The molecule has 1 unspecified atom stereocenters. The van der Waals surface area contributed by atoms with E-state index in [-0.39, 0.29) is 12.0 Å². The zero-order valence-corrected chi connectivity index (χ0v) is 11.6. The van der Waals surface area contributed by atoms with Gasteiger partial charge in [0.1, 0.15) is 18.4 Å². The maximum atomic E-state index is 11.5. The lowest BCUT2D eigenvalue weighted by Crippen LogP contribution is -2.29. The fourth-order valence-corrected chi connectivity index (χ4v) is 1.59. The van der Waals surface area contributed by atoms with Crippen LogP contribution in [-0.2, 0) is 14.3 Å². The predicted octanol–water partition coefficient (Wildman–Crippen LogP) is 2.08. The van der Waals surface area contributed by atoms with Gasteiger partial charge in [0.05, 0.1) is 13.7 Å². The first-order valence-electron chi connectivity index (χ1n) is 6.27. The molecule has 0 spiro atoms. The van der Waals surface area contributed by atoms with Crippen molar-refractivity contribution in [2.75, 3.05) is 32.8 Å². The molecule has 0 aliphatic carbocycles. The summed E-state index contributed by atoms with van der Waals surface area (Å²) in [5, 5.41) is 3.12. The topological polar surface area (TPSA) is 56.8 Å². The minimum Gasteiger partial charge on any atom is -0.491 e. The number of anilines is 1. The first-order chi connectivity index (χ1) is 9.21. The number of esters is 1. The summed E-state index contributed by atoms with van der Waals surface area (Å²) >= 11 is 0. The van der Waals surface area contributed by atoms with Crippen LogP contribution in [0.4, 0.5) is 5.69 Å². The van der Waals surface area contributed by atoms with E-state index in [9.17, 15) is 4.79 Å². The van der Waals surface area contributed by atoms with Gasteiger partial charge in [0, 0.05) is 18.9 Å². The van der Waals surface area contributed by atoms with E-state index in [4.69, 9.17) is 14.2 Å². The van der Waals surface area contributed by atoms with Gasteiger partial charge in [-0.2, -0.15) is 0 Å². The van der Waals surface area contributed by atoms with Crippen LogP contribution in [0.5, 0.6) is 5.75 Å². The van der Waals surface area contributed by atoms with E-state index in [0.29, 0.717) is 19.6 Å². The van der Waals surface area contributed by atoms with Crippen molar-refractivity contribution in [3.8, 4) is 5.75 Å². The summed E-state index contributed by atoms with van der Waals surface area (Å²) in [4.78, 5) is 11.5. The van der Waals surface area contributed by atoms with Gasteiger partial charge in [-0.15, -0.1) is 0 Å². The zero-order valence-electron chi connectivity index (χ0n) is 11.6. The van der Waals surface area contributed by atoms with Gasteiger partial charge in [0.15, 0.2) is 0 Å². The Labute approximate surface area is 113 Å². The molecule has 1 rings (SSSR count). The Morgan fingerprint density at radius 2 is 2.11 bits per heavy atom. The minimum absolute atomic E-state index is 0.270. The van der Waals surface area contributed by atoms with Gasteiger partial charge in [-0.1, -0.05) is 13.0 Å². The lowest BCUT2D eigenvalue weighted by atomic mass is 10.2. The van der Waals surface area contributed by atoms with Crippen LogP contribution in [0.15, 0.2) is 24.3 Å². The van der Waals surface area contributed by atoms with Gasteiger partial charge in [-0.25, -0.2) is 4.79 Å². The molecule has 5 nitrogen and oxygen atoms in total. The molecular weight excluding hydrogens is 246 g/mol. The Hall–Kier alpha value is -1.75. The van der Waals surface area contributed by atoms with Gasteiger partial charge in [0.25, 0.3) is 0 Å². The average Bonchev–Trinajstić information content (AvgIpc) is 2.44. The first-order valence-corrected chi connectivity index (χ1v) is 6.27. The second-order valence-corrected chi connectivity index (χ2v) is 4.00. The zero-order chi connectivity index (χ0) is 14.1. The van der Waals surface area contributed by atoms with Crippen molar-refractivity contribution >= 4 is 11.7 Å². The fourth-order valence-electron chi connectivity index (χ4n) is 1.59. The quantitative estimate of drug-likeness (QED) is 0.577. The SMILES string of the molecule is CCC(Nc1cccc(OCCOC)c1)C(=O)OC. The number of nitrogens with one attached hydrogen (secondary N) is 1. The van der Waals surface area contributed by atoms with Crippen LogP contribution in [0.2, 0.25) is 0 Å². The van der Waals surface area contributed by atoms with E-state index in [1.807, 2.05) is 31.2 Å². The average molecular weight is 267 g/mol. The molecule has 0 aliphatic heterocycles.